The Bertz CT molecular complexity index is 542. The summed E-state index contributed by atoms with van der Waals surface area (Å²) in [7, 11) is 1.47. The maximum atomic E-state index is 13.9. The molecule has 2 rings (SSSR count). The molecule has 0 atom stereocenters. The first-order valence-corrected chi connectivity index (χ1v) is 7.01. The van der Waals surface area contributed by atoms with E-state index in [9.17, 15) is 4.39 Å². The van der Waals surface area contributed by atoms with Crippen molar-refractivity contribution in [2.24, 2.45) is 0 Å². The van der Waals surface area contributed by atoms with Crippen LogP contribution < -0.4 is 10.1 Å². The summed E-state index contributed by atoms with van der Waals surface area (Å²) in [6.45, 7) is 3.26. The molecule has 0 aliphatic heterocycles. The number of nitrogens with zero attached hydrogens (tertiary/aromatic N) is 1. The number of rotatable bonds is 6. The van der Waals surface area contributed by atoms with E-state index in [4.69, 9.17) is 4.74 Å². The van der Waals surface area contributed by atoms with Crippen molar-refractivity contribution in [1.29, 1.82) is 0 Å². The van der Waals surface area contributed by atoms with Crippen molar-refractivity contribution in [3.63, 3.8) is 0 Å². The van der Waals surface area contributed by atoms with Crippen LogP contribution in [0.4, 0.5) is 4.39 Å². The first kappa shape index (κ1) is 14.0. The van der Waals surface area contributed by atoms with Gasteiger partial charge < -0.3 is 10.1 Å². The zero-order valence-corrected chi connectivity index (χ0v) is 11.9. The highest BCUT2D eigenvalue weighted by molar-refractivity contribution is 7.09. The SMILES string of the molecule is COc1cccc(CNCCc2csc(C)n2)c1F. The molecule has 0 aliphatic rings. The van der Waals surface area contributed by atoms with Crippen molar-refractivity contribution < 1.29 is 9.13 Å². The van der Waals surface area contributed by atoms with Gasteiger partial charge in [-0.1, -0.05) is 12.1 Å². The summed E-state index contributed by atoms with van der Waals surface area (Å²) >= 11 is 1.65. The Labute approximate surface area is 116 Å². The Kier molecular flexibility index (Phi) is 4.87. The molecule has 0 aliphatic carbocycles. The summed E-state index contributed by atoms with van der Waals surface area (Å²) in [4.78, 5) is 4.38. The molecule has 2 aromatic rings. The predicted molar refractivity (Wildman–Crippen MR) is 75.2 cm³/mol. The summed E-state index contributed by atoms with van der Waals surface area (Å²) < 4.78 is 18.8. The molecular weight excluding hydrogens is 263 g/mol. The third-order valence-corrected chi connectivity index (χ3v) is 3.63. The predicted octanol–water partition coefficient (Wildman–Crippen LogP) is 2.93. The van der Waals surface area contributed by atoms with Gasteiger partial charge in [0.1, 0.15) is 0 Å². The number of aryl methyl sites for hydroxylation is 1. The van der Waals surface area contributed by atoms with E-state index < -0.39 is 0 Å². The Morgan fingerprint density at radius 2 is 2.26 bits per heavy atom. The largest absolute Gasteiger partial charge is 0.494 e. The van der Waals surface area contributed by atoms with Crippen LogP contribution in [-0.4, -0.2) is 18.6 Å². The lowest BCUT2D eigenvalue weighted by atomic mass is 10.2. The molecule has 102 valence electrons. The fourth-order valence-corrected chi connectivity index (χ4v) is 2.46. The second-order valence-electron chi connectivity index (χ2n) is 4.22. The van der Waals surface area contributed by atoms with Crippen molar-refractivity contribution in [1.82, 2.24) is 10.3 Å². The van der Waals surface area contributed by atoms with Crippen molar-refractivity contribution in [3.8, 4) is 5.75 Å². The van der Waals surface area contributed by atoms with Crippen LogP contribution >= 0.6 is 11.3 Å². The minimum Gasteiger partial charge on any atom is -0.494 e. The number of nitrogens with one attached hydrogen (secondary N) is 1. The van der Waals surface area contributed by atoms with E-state index in [1.165, 1.54) is 7.11 Å². The zero-order valence-electron chi connectivity index (χ0n) is 11.1. The van der Waals surface area contributed by atoms with Crippen LogP contribution in [0.15, 0.2) is 23.6 Å². The Balaban J connectivity index is 1.82. The van der Waals surface area contributed by atoms with Gasteiger partial charge in [-0.2, -0.15) is 0 Å². The van der Waals surface area contributed by atoms with Gasteiger partial charge in [0.15, 0.2) is 11.6 Å². The van der Waals surface area contributed by atoms with Crippen LogP contribution in [0, 0.1) is 12.7 Å². The van der Waals surface area contributed by atoms with Gasteiger partial charge in [-0.05, 0) is 13.0 Å². The third kappa shape index (κ3) is 3.75. The quantitative estimate of drug-likeness (QED) is 0.826. The summed E-state index contributed by atoms with van der Waals surface area (Å²) in [5.74, 6) is -0.00331. The van der Waals surface area contributed by atoms with E-state index in [1.807, 2.05) is 6.92 Å². The monoisotopic (exact) mass is 280 g/mol. The van der Waals surface area contributed by atoms with E-state index in [-0.39, 0.29) is 11.6 Å². The maximum absolute atomic E-state index is 13.9. The number of halogens is 1. The average molecular weight is 280 g/mol. The highest BCUT2D eigenvalue weighted by Crippen LogP contribution is 2.19. The number of aromatic nitrogens is 1. The molecule has 0 bridgehead atoms. The molecular formula is C14H17FN2OS. The minimum atomic E-state index is -0.290. The average Bonchev–Trinajstić information content (AvgIpc) is 2.82. The molecule has 19 heavy (non-hydrogen) atoms. The molecule has 1 heterocycles. The molecule has 1 aromatic carbocycles. The van der Waals surface area contributed by atoms with Crippen LogP contribution in [0.2, 0.25) is 0 Å². The van der Waals surface area contributed by atoms with Gasteiger partial charge in [-0.15, -0.1) is 11.3 Å². The molecule has 1 N–H and O–H groups in total. The number of hydrogen-bond donors (Lipinski definition) is 1. The van der Waals surface area contributed by atoms with Crippen LogP contribution in [0.25, 0.3) is 0 Å². The van der Waals surface area contributed by atoms with Gasteiger partial charge >= 0.3 is 0 Å². The van der Waals surface area contributed by atoms with Gasteiger partial charge in [0, 0.05) is 30.5 Å². The highest BCUT2D eigenvalue weighted by Gasteiger charge is 2.07. The first-order valence-electron chi connectivity index (χ1n) is 6.14. The lowest BCUT2D eigenvalue weighted by Crippen LogP contribution is -2.17. The number of hydrogen-bond acceptors (Lipinski definition) is 4. The van der Waals surface area contributed by atoms with Crippen LogP contribution in [0.5, 0.6) is 5.75 Å². The molecule has 0 fully saturated rings. The number of benzene rings is 1. The normalized spacial score (nSPS) is 10.7. The van der Waals surface area contributed by atoms with Crippen LogP contribution in [-0.2, 0) is 13.0 Å². The van der Waals surface area contributed by atoms with Crippen molar-refractivity contribution in [2.75, 3.05) is 13.7 Å². The van der Waals surface area contributed by atoms with Crippen molar-refractivity contribution in [2.45, 2.75) is 19.9 Å². The van der Waals surface area contributed by atoms with E-state index in [2.05, 4.69) is 15.7 Å². The van der Waals surface area contributed by atoms with E-state index in [1.54, 1.807) is 29.5 Å². The number of ether oxygens (including phenoxy) is 1. The number of methoxy groups -OCH3 is 1. The molecule has 3 nitrogen and oxygen atoms in total. The molecule has 0 spiro atoms. The first-order chi connectivity index (χ1) is 9.20. The van der Waals surface area contributed by atoms with E-state index >= 15 is 0 Å². The smallest absolute Gasteiger partial charge is 0.169 e. The third-order valence-electron chi connectivity index (χ3n) is 2.80. The van der Waals surface area contributed by atoms with Crippen molar-refractivity contribution in [3.05, 3.63) is 45.7 Å². The molecule has 0 amide bonds. The highest BCUT2D eigenvalue weighted by atomic mass is 32.1. The van der Waals surface area contributed by atoms with Crippen molar-refractivity contribution >= 4 is 11.3 Å². The topological polar surface area (TPSA) is 34.1 Å². The van der Waals surface area contributed by atoms with E-state index in [0.717, 1.165) is 23.7 Å². The molecule has 0 saturated heterocycles. The number of thiazole rings is 1. The molecule has 0 radical (unpaired) electrons. The fraction of sp³-hybridized carbons (Fsp3) is 0.357. The molecule has 0 unspecified atom stereocenters. The van der Waals surface area contributed by atoms with Crippen LogP contribution in [0.1, 0.15) is 16.3 Å². The maximum Gasteiger partial charge on any atom is 0.169 e. The van der Waals surface area contributed by atoms with Gasteiger partial charge in [0.2, 0.25) is 0 Å². The van der Waals surface area contributed by atoms with Gasteiger partial charge in [-0.3, -0.25) is 0 Å². The second kappa shape index (κ2) is 6.63. The Morgan fingerprint density at radius 3 is 2.95 bits per heavy atom. The summed E-state index contributed by atoms with van der Waals surface area (Å²) in [6.07, 6.45) is 0.857. The fourth-order valence-electron chi connectivity index (χ4n) is 1.81. The second-order valence-corrected chi connectivity index (χ2v) is 5.28. The lowest BCUT2D eigenvalue weighted by Gasteiger charge is -2.08. The molecule has 0 saturated carbocycles. The Morgan fingerprint density at radius 1 is 1.42 bits per heavy atom. The molecule has 5 heteroatoms. The lowest BCUT2D eigenvalue weighted by molar-refractivity contribution is 0.383. The summed E-state index contributed by atoms with van der Waals surface area (Å²) in [5.41, 5.74) is 1.70. The Hall–Kier alpha value is -1.46. The summed E-state index contributed by atoms with van der Waals surface area (Å²) in [5, 5.41) is 6.36. The standard InChI is InChI=1S/C14H17FN2OS/c1-10-17-12(9-19-10)6-7-16-8-11-4-3-5-13(18-2)14(11)15/h3-5,9,16H,6-8H2,1-2H3. The van der Waals surface area contributed by atoms with E-state index in [0.29, 0.717) is 12.1 Å². The minimum absolute atomic E-state index is 0.287. The van der Waals surface area contributed by atoms with Gasteiger partial charge in [-0.25, -0.2) is 9.37 Å². The van der Waals surface area contributed by atoms with Gasteiger partial charge in [0.25, 0.3) is 0 Å². The summed E-state index contributed by atoms with van der Waals surface area (Å²) in [6, 6.07) is 5.18. The van der Waals surface area contributed by atoms with Crippen LogP contribution in [0.3, 0.4) is 0 Å². The van der Waals surface area contributed by atoms with Gasteiger partial charge in [0.05, 0.1) is 17.8 Å². The zero-order chi connectivity index (χ0) is 13.7. The molecule has 1 aromatic heterocycles.